The first-order chi connectivity index (χ1) is 8.69. The van der Waals surface area contributed by atoms with Crippen molar-refractivity contribution in [1.29, 1.82) is 0 Å². The number of halogens is 2. The lowest BCUT2D eigenvalue weighted by Gasteiger charge is -2.08. The van der Waals surface area contributed by atoms with Crippen LogP contribution >= 0.6 is 11.6 Å². The number of nitrogens with one attached hydrogen (secondary N) is 1. The molecule has 2 aromatic rings. The summed E-state index contributed by atoms with van der Waals surface area (Å²) in [5, 5.41) is 3.24. The largest absolute Gasteiger partial charge is 0.366 e. The Balaban J connectivity index is 2.11. The predicted octanol–water partition coefficient (Wildman–Crippen LogP) is 3.44. The molecule has 1 N–H and O–H groups in total. The SMILES string of the molecule is CCc1cc(NCc2ccccc2F)nc(Cl)n1. The van der Waals surface area contributed by atoms with Gasteiger partial charge in [0, 0.05) is 23.9 Å². The lowest BCUT2D eigenvalue weighted by Crippen LogP contribution is -2.05. The van der Waals surface area contributed by atoms with Gasteiger partial charge in [-0.05, 0) is 24.1 Å². The van der Waals surface area contributed by atoms with E-state index < -0.39 is 0 Å². The van der Waals surface area contributed by atoms with Gasteiger partial charge in [0.1, 0.15) is 11.6 Å². The summed E-state index contributed by atoms with van der Waals surface area (Å²) in [4.78, 5) is 8.11. The lowest BCUT2D eigenvalue weighted by atomic mass is 10.2. The van der Waals surface area contributed by atoms with Gasteiger partial charge in [-0.15, -0.1) is 0 Å². The third kappa shape index (κ3) is 3.17. The molecule has 2 rings (SSSR count). The number of aromatic nitrogens is 2. The van der Waals surface area contributed by atoms with Gasteiger partial charge in [-0.2, -0.15) is 0 Å². The molecule has 0 saturated heterocycles. The van der Waals surface area contributed by atoms with Gasteiger partial charge in [0.2, 0.25) is 5.28 Å². The summed E-state index contributed by atoms with van der Waals surface area (Å²) in [6.07, 6.45) is 0.774. The Morgan fingerprint density at radius 2 is 2.06 bits per heavy atom. The van der Waals surface area contributed by atoms with Gasteiger partial charge in [0.15, 0.2) is 0 Å². The van der Waals surface area contributed by atoms with Crippen molar-refractivity contribution >= 4 is 17.4 Å². The summed E-state index contributed by atoms with van der Waals surface area (Å²) in [7, 11) is 0. The quantitative estimate of drug-likeness (QED) is 0.861. The molecule has 0 spiro atoms. The second kappa shape index (κ2) is 5.78. The molecule has 1 aromatic carbocycles. The standard InChI is InChI=1S/C13H13ClFN3/c1-2-10-7-12(18-13(14)17-10)16-8-9-5-3-4-6-11(9)15/h3-7H,2,8H2,1H3,(H,16,17,18). The Hall–Kier alpha value is -1.68. The molecule has 0 aliphatic rings. The van der Waals surface area contributed by atoms with E-state index in [9.17, 15) is 4.39 Å². The van der Waals surface area contributed by atoms with Gasteiger partial charge in [-0.3, -0.25) is 0 Å². The fourth-order valence-electron chi connectivity index (χ4n) is 1.56. The number of hydrogen-bond acceptors (Lipinski definition) is 3. The smallest absolute Gasteiger partial charge is 0.224 e. The monoisotopic (exact) mass is 265 g/mol. The second-order valence-corrected chi connectivity index (χ2v) is 4.15. The first-order valence-corrected chi connectivity index (χ1v) is 6.07. The molecule has 1 aromatic heterocycles. The van der Waals surface area contributed by atoms with Crippen LogP contribution in [0.5, 0.6) is 0 Å². The molecule has 5 heteroatoms. The number of benzene rings is 1. The topological polar surface area (TPSA) is 37.8 Å². The molecule has 0 atom stereocenters. The maximum Gasteiger partial charge on any atom is 0.224 e. The van der Waals surface area contributed by atoms with Crippen LogP contribution in [-0.4, -0.2) is 9.97 Å². The fraction of sp³-hybridized carbons (Fsp3) is 0.231. The molecule has 0 fully saturated rings. The molecule has 0 aliphatic carbocycles. The molecular weight excluding hydrogens is 253 g/mol. The van der Waals surface area contributed by atoms with Gasteiger partial charge >= 0.3 is 0 Å². The summed E-state index contributed by atoms with van der Waals surface area (Å²) >= 11 is 5.81. The first-order valence-electron chi connectivity index (χ1n) is 5.69. The number of rotatable bonds is 4. The van der Waals surface area contributed by atoms with Gasteiger partial charge < -0.3 is 5.32 Å². The minimum absolute atomic E-state index is 0.199. The normalized spacial score (nSPS) is 10.4. The van der Waals surface area contributed by atoms with Gasteiger partial charge in [0.05, 0.1) is 0 Å². The highest BCUT2D eigenvalue weighted by Gasteiger charge is 2.04. The van der Waals surface area contributed by atoms with E-state index in [0.717, 1.165) is 12.1 Å². The zero-order valence-corrected chi connectivity index (χ0v) is 10.7. The number of hydrogen-bond donors (Lipinski definition) is 1. The van der Waals surface area contributed by atoms with E-state index in [1.54, 1.807) is 18.2 Å². The second-order valence-electron chi connectivity index (χ2n) is 3.81. The van der Waals surface area contributed by atoms with Crippen LogP contribution in [0.1, 0.15) is 18.2 Å². The number of nitrogens with zero attached hydrogens (tertiary/aromatic N) is 2. The minimum atomic E-state index is -0.235. The van der Waals surface area contributed by atoms with Crippen molar-refractivity contribution in [3.63, 3.8) is 0 Å². The van der Waals surface area contributed by atoms with E-state index in [1.807, 2.05) is 13.0 Å². The Kier molecular flexibility index (Phi) is 4.10. The summed E-state index contributed by atoms with van der Waals surface area (Å²) < 4.78 is 13.4. The summed E-state index contributed by atoms with van der Waals surface area (Å²) in [5.74, 6) is 0.371. The van der Waals surface area contributed by atoms with Crippen LogP contribution in [-0.2, 0) is 13.0 Å². The molecule has 18 heavy (non-hydrogen) atoms. The molecule has 94 valence electrons. The minimum Gasteiger partial charge on any atom is -0.366 e. The fourth-order valence-corrected chi connectivity index (χ4v) is 1.76. The van der Waals surface area contributed by atoms with Crippen LogP contribution in [0, 0.1) is 5.82 Å². The zero-order valence-electron chi connectivity index (χ0n) is 9.95. The van der Waals surface area contributed by atoms with Crippen molar-refractivity contribution < 1.29 is 4.39 Å². The Morgan fingerprint density at radius 3 is 2.78 bits per heavy atom. The van der Waals surface area contributed by atoms with Crippen LogP contribution in [0.3, 0.4) is 0 Å². The van der Waals surface area contributed by atoms with Crippen molar-refractivity contribution in [2.24, 2.45) is 0 Å². The third-order valence-electron chi connectivity index (χ3n) is 2.53. The van der Waals surface area contributed by atoms with Gasteiger partial charge in [0.25, 0.3) is 0 Å². The summed E-state index contributed by atoms with van der Waals surface area (Å²) in [6, 6.07) is 8.43. The molecule has 1 heterocycles. The number of anilines is 1. The highest BCUT2D eigenvalue weighted by Crippen LogP contribution is 2.13. The molecule has 0 bridgehead atoms. The summed E-state index contributed by atoms with van der Waals surface area (Å²) in [5.41, 5.74) is 1.44. The van der Waals surface area contributed by atoms with E-state index in [2.05, 4.69) is 15.3 Å². The molecule has 0 aliphatic heterocycles. The van der Waals surface area contributed by atoms with E-state index in [1.165, 1.54) is 6.07 Å². The molecule has 0 radical (unpaired) electrons. The Labute approximate surface area is 110 Å². The molecule has 3 nitrogen and oxygen atoms in total. The molecule has 0 unspecified atom stereocenters. The molecule has 0 saturated carbocycles. The number of aryl methyl sites for hydroxylation is 1. The van der Waals surface area contributed by atoms with Crippen molar-refractivity contribution in [2.45, 2.75) is 19.9 Å². The van der Waals surface area contributed by atoms with Gasteiger partial charge in [-0.25, -0.2) is 14.4 Å². The van der Waals surface area contributed by atoms with E-state index in [0.29, 0.717) is 17.9 Å². The van der Waals surface area contributed by atoms with Crippen molar-refractivity contribution in [3.05, 3.63) is 52.7 Å². The highest BCUT2D eigenvalue weighted by atomic mass is 35.5. The van der Waals surface area contributed by atoms with Crippen LogP contribution in [0.25, 0.3) is 0 Å². The third-order valence-corrected chi connectivity index (χ3v) is 2.70. The Bertz CT molecular complexity index is 546. The molecular formula is C13H13ClFN3. The van der Waals surface area contributed by atoms with Crippen molar-refractivity contribution in [3.8, 4) is 0 Å². The van der Waals surface area contributed by atoms with Crippen LogP contribution in [0.2, 0.25) is 5.28 Å². The van der Waals surface area contributed by atoms with E-state index >= 15 is 0 Å². The predicted molar refractivity (Wildman–Crippen MR) is 70.1 cm³/mol. The average Bonchev–Trinajstić information content (AvgIpc) is 2.37. The van der Waals surface area contributed by atoms with Crippen molar-refractivity contribution in [2.75, 3.05) is 5.32 Å². The highest BCUT2D eigenvalue weighted by molar-refractivity contribution is 6.28. The lowest BCUT2D eigenvalue weighted by molar-refractivity contribution is 0.613. The average molecular weight is 266 g/mol. The zero-order chi connectivity index (χ0) is 13.0. The maximum atomic E-state index is 13.4. The van der Waals surface area contributed by atoms with Crippen LogP contribution in [0.15, 0.2) is 30.3 Å². The summed E-state index contributed by atoms with van der Waals surface area (Å²) in [6.45, 7) is 2.35. The molecule has 0 amide bonds. The van der Waals surface area contributed by atoms with Crippen molar-refractivity contribution in [1.82, 2.24) is 9.97 Å². The van der Waals surface area contributed by atoms with E-state index in [4.69, 9.17) is 11.6 Å². The van der Waals surface area contributed by atoms with E-state index in [-0.39, 0.29) is 11.1 Å². The van der Waals surface area contributed by atoms with Gasteiger partial charge in [-0.1, -0.05) is 25.1 Å². The maximum absolute atomic E-state index is 13.4. The Morgan fingerprint density at radius 1 is 1.28 bits per heavy atom. The van der Waals surface area contributed by atoms with Crippen LogP contribution in [0.4, 0.5) is 10.2 Å². The first kappa shape index (κ1) is 12.8. The van der Waals surface area contributed by atoms with Crippen LogP contribution < -0.4 is 5.32 Å².